The monoisotopic (exact) mass is 508 g/mol. The second kappa shape index (κ2) is 11.2. The molecule has 0 aromatic heterocycles. The number of ether oxygens (including phenoxy) is 1. The van der Waals surface area contributed by atoms with Crippen molar-refractivity contribution in [2.45, 2.75) is 48.6 Å². The van der Waals surface area contributed by atoms with Crippen LogP contribution in [0.4, 0.5) is 10.1 Å². The number of carboxylic acids is 1. The molecule has 7 nitrogen and oxygen atoms in total. The van der Waals surface area contributed by atoms with Gasteiger partial charge in [0.05, 0.1) is 10.6 Å². The number of carbonyl (C=O) groups is 1. The van der Waals surface area contributed by atoms with Crippen molar-refractivity contribution in [1.82, 2.24) is 4.31 Å². The maximum atomic E-state index is 13.6. The third kappa shape index (κ3) is 5.73. The first-order valence-electron chi connectivity index (χ1n) is 10.9. The zero-order valence-electron chi connectivity index (χ0n) is 19.4. The standard InChI is InChI=1S/C24H29FN2O5S2/c1-4-5-11-18-15-27(14-17-9-7-6-8-10-17)20-12-22(33-3)21(32-16-19(25)24(28)29)13-23(20)34(30,31)26(18)2/h6-10,12-13,16,18H,4-5,11,14-15H2,1-3H3,(H,28,29)/b19-16-. The molecule has 10 heteroatoms. The molecule has 0 radical (unpaired) electrons. The van der Waals surface area contributed by atoms with E-state index < -0.39 is 21.8 Å². The molecule has 1 atom stereocenters. The Bertz CT molecular complexity index is 1160. The van der Waals surface area contributed by atoms with Gasteiger partial charge in [-0.2, -0.15) is 8.70 Å². The van der Waals surface area contributed by atoms with Crippen molar-refractivity contribution in [3.63, 3.8) is 0 Å². The summed E-state index contributed by atoms with van der Waals surface area (Å²) >= 11 is 1.30. The molecule has 1 aliphatic heterocycles. The number of aliphatic carboxylic acids is 1. The summed E-state index contributed by atoms with van der Waals surface area (Å²) in [5.41, 5.74) is 1.58. The lowest BCUT2D eigenvalue weighted by Crippen LogP contribution is -2.41. The van der Waals surface area contributed by atoms with Crippen molar-refractivity contribution >= 4 is 33.4 Å². The Morgan fingerprint density at radius 1 is 1.29 bits per heavy atom. The number of carboxylic acid groups (broad SMARTS) is 1. The summed E-state index contributed by atoms with van der Waals surface area (Å²) in [5.74, 6) is -3.17. The molecule has 1 heterocycles. The number of unbranched alkanes of at least 4 members (excludes halogenated alkanes) is 1. The quantitative estimate of drug-likeness (QED) is 0.293. The number of anilines is 1. The molecule has 1 aliphatic rings. The fraction of sp³-hybridized carbons (Fsp3) is 0.375. The summed E-state index contributed by atoms with van der Waals surface area (Å²) in [5, 5.41) is 8.77. The van der Waals surface area contributed by atoms with Crippen molar-refractivity contribution < 1.29 is 27.4 Å². The molecule has 0 amide bonds. The maximum absolute atomic E-state index is 13.6. The van der Waals surface area contributed by atoms with E-state index >= 15 is 0 Å². The number of thioether (sulfide) groups is 1. The number of nitrogens with zero attached hydrogens (tertiary/aromatic N) is 2. The van der Waals surface area contributed by atoms with Crippen LogP contribution >= 0.6 is 11.8 Å². The normalized spacial score (nSPS) is 18.3. The highest BCUT2D eigenvalue weighted by molar-refractivity contribution is 7.98. The summed E-state index contributed by atoms with van der Waals surface area (Å²) in [6.07, 6.45) is 4.82. The van der Waals surface area contributed by atoms with E-state index in [1.165, 1.54) is 22.1 Å². The zero-order chi connectivity index (χ0) is 24.9. The van der Waals surface area contributed by atoms with Gasteiger partial charge in [0.25, 0.3) is 0 Å². The first-order valence-corrected chi connectivity index (χ1v) is 13.6. The molecule has 0 aliphatic carbocycles. The molecule has 2 aromatic rings. The number of halogens is 1. The summed E-state index contributed by atoms with van der Waals surface area (Å²) < 4.78 is 47.5. The number of benzene rings is 2. The Morgan fingerprint density at radius 3 is 2.62 bits per heavy atom. The molecular weight excluding hydrogens is 479 g/mol. The topological polar surface area (TPSA) is 87.1 Å². The number of likely N-dealkylation sites (N-methyl/N-ethyl adjacent to an activating group) is 1. The number of rotatable bonds is 9. The molecule has 1 unspecified atom stereocenters. The SMILES string of the molecule is CCCCC1CN(Cc2ccccc2)c2cc(SC)c(O/C=C(\F)C(=O)O)cc2S(=O)(=O)N1C. The fourth-order valence-electron chi connectivity index (χ4n) is 3.89. The Kier molecular flexibility index (Phi) is 8.62. The first kappa shape index (κ1) is 26.1. The van der Waals surface area contributed by atoms with E-state index in [-0.39, 0.29) is 16.7 Å². The van der Waals surface area contributed by atoms with Gasteiger partial charge < -0.3 is 14.7 Å². The van der Waals surface area contributed by atoms with Crippen LogP contribution in [0.1, 0.15) is 31.7 Å². The van der Waals surface area contributed by atoms with Gasteiger partial charge in [0.2, 0.25) is 15.9 Å². The average molecular weight is 509 g/mol. The molecule has 1 N–H and O–H groups in total. The number of fused-ring (bicyclic) bond motifs is 1. The van der Waals surface area contributed by atoms with Gasteiger partial charge in [-0.05, 0) is 24.3 Å². The van der Waals surface area contributed by atoms with Crippen molar-refractivity contribution in [1.29, 1.82) is 0 Å². The molecular formula is C24H29FN2O5S2. The Morgan fingerprint density at radius 2 is 2.00 bits per heavy atom. The molecule has 0 saturated heterocycles. The van der Waals surface area contributed by atoms with Gasteiger partial charge in [-0.1, -0.05) is 50.1 Å². The van der Waals surface area contributed by atoms with Crippen LogP contribution in [0.2, 0.25) is 0 Å². The van der Waals surface area contributed by atoms with E-state index in [1.807, 2.05) is 30.3 Å². The van der Waals surface area contributed by atoms with Crippen LogP contribution in [0.25, 0.3) is 0 Å². The largest absolute Gasteiger partial charge is 0.476 e. The average Bonchev–Trinajstić information content (AvgIpc) is 2.90. The van der Waals surface area contributed by atoms with Crippen LogP contribution < -0.4 is 9.64 Å². The van der Waals surface area contributed by atoms with Crippen molar-refractivity contribution in [2.75, 3.05) is 24.7 Å². The van der Waals surface area contributed by atoms with E-state index in [1.54, 1.807) is 19.4 Å². The van der Waals surface area contributed by atoms with Gasteiger partial charge in [-0.25, -0.2) is 13.2 Å². The van der Waals surface area contributed by atoms with Gasteiger partial charge in [0.15, 0.2) is 0 Å². The van der Waals surface area contributed by atoms with Crippen LogP contribution in [0, 0.1) is 0 Å². The van der Waals surface area contributed by atoms with Crippen LogP contribution in [-0.4, -0.2) is 49.7 Å². The highest BCUT2D eigenvalue weighted by Gasteiger charge is 2.37. The second-order valence-electron chi connectivity index (χ2n) is 8.04. The molecule has 0 bridgehead atoms. The van der Waals surface area contributed by atoms with Crippen molar-refractivity contribution in [2.24, 2.45) is 0 Å². The molecule has 184 valence electrons. The minimum Gasteiger partial charge on any atom is -0.476 e. The number of hydrogen-bond acceptors (Lipinski definition) is 6. The minimum absolute atomic E-state index is 0.0434. The molecule has 2 aromatic carbocycles. The number of hydrogen-bond donors (Lipinski definition) is 1. The second-order valence-corrected chi connectivity index (χ2v) is 10.9. The highest BCUT2D eigenvalue weighted by Crippen LogP contribution is 2.41. The zero-order valence-corrected chi connectivity index (χ0v) is 21.0. The van der Waals surface area contributed by atoms with E-state index in [0.29, 0.717) is 29.9 Å². The smallest absolute Gasteiger partial charge is 0.368 e. The Hall–Kier alpha value is -2.56. The van der Waals surface area contributed by atoms with E-state index in [4.69, 9.17) is 9.84 Å². The third-order valence-corrected chi connectivity index (χ3v) is 8.49. The summed E-state index contributed by atoms with van der Waals surface area (Å²) in [4.78, 5) is 13.5. The molecule has 3 rings (SSSR count). The van der Waals surface area contributed by atoms with Gasteiger partial charge >= 0.3 is 5.97 Å². The van der Waals surface area contributed by atoms with E-state index in [0.717, 1.165) is 24.8 Å². The maximum Gasteiger partial charge on any atom is 0.368 e. The molecule has 0 fully saturated rings. The van der Waals surface area contributed by atoms with Crippen molar-refractivity contribution in [3.8, 4) is 5.75 Å². The van der Waals surface area contributed by atoms with E-state index in [9.17, 15) is 17.6 Å². The molecule has 0 spiro atoms. The lowest BCUT2D eigenvalue weighted by molar-refractivity contribution is -0.134. The minimum atomic E-state index is -3.89. The highest BCUT2D eigenvalue weighted by atomic mass is 32.2. The predicted octanol–water partition coefficient (Wildman–Crippen LogP) is 4.88. The Labute approximate surface area is 204 Å². The number of sulfonamides is 1. The van der Waals surface area contributed by atoms with Crippen LogP contribution in [0.5, 0.6) is 5.75 Å². The lowest BCUT2D eigenvalue weighted by atomic mass is 10.1. The summed E-state index contributed by atoms with van der Waals surface area (Å²) in [6.45, 7) is 3.10. The summed E-state index contributed by atoms with van der Waals surface area (Å²) in [7, 11) is -2.31. The van der Waals surface area contributed by atoms with Crippen LogP contribution in [0.15, 0.2) is 64.3 Å². The molecule has 0 saturated carbocycles. The van der Waals surface area contributed by atoms with Gasteiger partial charge in [0.1, 0.15) is 16.9 Å². The Balaban J connectivity index is 2.15. The first-order chi connectivity index (χ1) is 16.2. The van der Waals surface area contributed by atoms with Crippen LogP contribution in [-0.2, 0) is 21.4 Å². The fourth-order valence-corrected chi connectivity index (χ4v) is 6.01. The van der Waals surface area contributed by atoms with Crippen molar-refractivity contribution in [3.05, 3.63) is 60.1 Å². The third-order valence-electron chi connectivity index (χ3n) is 5.79. The predicted molar refractivity (Wildman–Crippen MR) is 131 cm³/mol. The van der Waals surface area contributed by atoms with Crippen LogP contribution in [0.3, 0.4) is 0 Å². The van der Waals surface area contributed by atoms with Gasteiger partial charge in [0, 0.05) is 32.2 Å². The lowest BCUT2D eigenvalue weighted by Gasteiger charge is -2.29. The van der Waals surface area contributed by atoms with Gasteiger partial charge in [-0.15, -0.1) is 11.8 Å². The van der Waals surface area contributed by atoms with E-state index in [2.05, 4.69) is 11.8 Å². The van der Waals surface area contributed by atoms with Gasteiger partial charge in [-0.3, -0.25) is 0 Å². The molecule has 34 heavy (non-hydrogen) atoms. The summed E-state index contributed by atoms with van der Waals surface area (Å²) in [6, 6.07) is 12.7.